The lowest BCUT2D eigenvalue weighted by Gasteiger charge is -1.99. The number of imidazole rings is 1. The summed E-state index contributed by atoms with van der Waals surface area (Å²) in [5.74, 6) is 1.22. The number of aromatic amines is 1. The maximum Gasteiger partial charge on any atom is 0.259 e. The summed E-state index contributed by atoms with van der Waals surface area (Å²) in [7, 11) is 0. The van der Waals surface area contributed by atoms with E-state index >= 15 is 0 Å². The molecule has 0 aliphatic heterocycles. The molecule has 0 spiro atoms. The maximum atomic E-state index is 3.86. The number of para-hydroxylation sites is 2. The highest BCUT2D eigenvalue weighted by Crippen LogP contribution is 2.12. The zero-order chi connectivity index (χ0) is 13.1. The minimum atomic E-state index is 0.826. The summed E-state index contributed by atoms with van der Waals surface area (Å²) in [5, 5.41) is 0. The molecule has 0 unspecified atom stereocenters. The van der Waals surface area contributed by atoms with Crippen LogP contribution in [0, 0.1) is 0 Å². The standard InChI is InChI=1S/C17H16N2/c1-2-12-19-16-11-7-6-10-15(16)18-17(19)13-14-8-4-3-5-9-14/h2-11H,1,12-13H2/p+1. The van der Waals surface area contributed by atoms with Gasteiger partial charge in [-0.15, -0.1) is 0 Å². The van der Waals surface area contributed by atoms with Gasteiger partial charge in [0.05, 0.1) is 6.42 Å². The van der Waals surface area contributed by atoms with E-state index in [4.69, 9.17) is 0 Å². The maximum absolute atomic E-state index is 3.86. The molecule has 1 heterocycles. The van der Waals surface area contributed by atoms with Crippen molar-refractivity contribution in [2.45, 2.75) is 13.0 Å². The van der Waals surface area contributed by atoms with E-state index in [0.29, 0.717) is 0 Å². The fourth-order valence-corrected chi connectivity index (χ4v) is 2.45. The largest absolute Gasteiger partial charge is 0.259 e. The van der Waals surface area contributed by atoms with Crippen LogP contribution >= 0.6 is 0 Å². The number of nitrogens with zero attached hydrogens (tertiary/aromatic N) is 1. The Hall–Kier alpha value is -2.35. The van der Waals surface area contributed by atoms with Crippen molar-refractivity contribution in [2.24, 2.45) is 0 Å². The van der Waals surface area contributed by atoms with Crippen LogP contribution in [0.3, 0.4) is 0 Å². The van der Waals surface area contributed by atoms with Crippen molar-refractivity contribution in [2.75, 3.05) is 0 Å². The molecule has 0 fully saturated rings. The molecule has 2 nitrogen and oxygen atoms in total. The lowest BCUT2D eigenvalue weighted by Crippen LogP contribution is -2.36. The van der Waals surface area contributed by atoms with Gasteiger partial charge in [0.25, 0.3) is 5.82 Å². The third-order valence-corrected chi connectivity index (χ3v) is 3.33. The molecular weight excluding hydrogens is 232 g/mol. The molecule has 0 amide bonds. The molecule has 3 aromatic rings. The molecule has 0 bridgehead atoms. The van der Waals surface area contributed by atoms with E-state index in [-0.39, 0.29) is 0 Å². The van der Waals surface area contributed by atoms with E-state index in [2.05, 4.69) is 64.7 Å². The number of hydrogen-bond donors (Lipinski definition) is 1. The summed E-state index contributed by atoms with van der Waals surface area (Å²) in [5.41, 5.74) is 3.72. The zero-order valence-electron chi connectivity index (χ0n) is 10.8. The summed E-state index contributed by atoms with van der Waals surface area (Å²) in [4.78, 5) is 3.51. The topological polar surface area (TPSA) is 19.7 Å². The van der Waals surface area contributed by atoms with Gasteiger partial charge in [-0.1, -0.05) is 55.1 Å². The summed E-state index contributed by atoms with van der Waals surface area (Å²) in [6.45, 7) is 4.68. The summed E-state index contributed by atoms with van der Waals surface area (Å²) < 4.78 is 2.29. The highest BCUT2D eigenvalue weighted by molar-refractivity contribution is 5.71. The van der Waals surface area contributed by atoms with Gasteiger partial charge in [-0.05, 0) is 17.7 Å². The van der Waals surface area contributed by atoms with E-state index < -0.39 is 0 Å². The highest BCUT2D eigenvalue weighted by atomic mass is 15.1. The predicted molar refractivity (Wildman–Crippen MR) is 77.9 cm³/mol. The van der Waals surface area contributed by atoms with Crippen molar-refractivity contribution in [3.63, 3.8) is 0 Å². The monoisotopic (exact) mass is 249 g/mol. The molecule has 3 rings (SSSR count). The molecule has 1 N–H and O–H groups in total. The lowest BCUT2D eigenvalue weighted by atomic mass is 10.1. The first-order valence-corrected chi connectivity index (χ1v) is 6.53. The van der Waals surface area contributed by atoms with Gasteiger partial charge in [0, 0.05) is 0 Å². The second-order valence-electron chi connectivity index (χ2n) is 4.65. The fraction of sp³-hybridized carbons (Fsp3) is 0.118. The van der Waals surface area contributed by atoms with Gasteiger partial charge < -0.3 is 0 Å². The number of benzene rings is 2. The Morgan fingerprint density at radius 1 is 1.00 bits per heavy atom. The molecule has 0 saturated carbocycles. The van der Waals surface area contributed by atoms with Crippen molar-refractivity contribution in [3.05, 3.63) is 78.6 Å². The van der Waals surface area contributed by atoms with E-state index in [1.807, 2.05) is 12.1 Å². The second kappa shape index (κ2) is 5.11. The average Bonchev–Trinajstić information content (AvgIpc) is 2.79. The number of fused-ring (bicyclic) bond motifs is 1. The van der Waals surface area contributed by atoms with Crippen molar-refractivity contribution < 1.29 is 4.57 Å². The van der Waals surface area contributed by atoms with Gasteiger partial charge in [-0.2, -0.15) is 0 Å². The van der Waals surface area contributed by atoms with Crippen molar-refractivity contribution in [1.82, 2.24) is 4.98 Å². The molecule has 19 heavy (non-hydrogen) atoms. The Balaban J connectivity index is 2.07. The smallest absolute Gasteiger partial charge is 0.240 e. The minimum absolute atomic E-state index is 0.826. The van der Waals surface area contributed by atoms with Crippen LogP contribution in [0.4, 0.5) is 0 Å². The first-order valence-electron chi connectivity index (χ1n) is 6.53. The lowest BCUT2D eigenvalue weighted by molar-refractivity contribution is -0.668. The number of H-pyrrole nitrogens is 1. The highest BCUT2D eigenvalue weighted by Gasteiger charge is 2.16. The SMILES string of the molecule is C=CC[n+]1c(Cc2ccccc2)[nH]c2ccccc21. The van der Waals surface area contributed by atoms with Gasteiger partial charge in [0.1, 0.15) is 6.54 Å². The molecule has 0 radical (unpaired) electrons. The minimum Gasteiger partial charge on any atom is -0.240 e. The molecule has 94 valence electrons. The fourth-order valence-electron chi connectivity index (χ4n) is 2.45. The Morgan fingerprint density at radius 3 is 2.53 bits per heavy atom. The van der Waals surface area contributed by atoms with Crippen LogP contribution in [0.5, 0.6) is 0 Å². The Bertz CT molecular complexity index is 696. The molecule has 0 atom stereocenters. The second-order valence-corrected chi connectivity index (χ2v) is 4.65. The number of allylic oxidation sites excluding steroid dienone is 1. The Morgan fingerprint density at radius 2 is 1.74 bits per heavy atom. The Kier molecular flexibility index (Phi) is 3.15. The quantitative estimate of drug-likeness (QED) is 0.541. The van der Waals surface area contributed by atoms with E-state index in [0.717, 1.165) is 13.0 Å². The van der Waals surface area contributed by atoms with Crippen LogP contribution in [0.1, 0.15) is 11.4 Å². The van der Waals surface area contributed by atoms with Gasteiger partial charge in [-0.3, -0.25) is 0 Å². The normalized spacial score (nSPS) is 10.7. The first kappa shape index (κ1) is 11.7. The Labute approximate surface area is 113 Å². The van der Waals surface area contributed by atoms with Gasteiger partial charge >= 0.3 is 0 Å². The van der Waals surface area contributed by atoms with Crippen molar-refractivity contribution in [1.29, 1.82) is 0 Å². The van der Waals surface area contributed by atoms with Gasteiger partial charge in [-0.25, -0.2) is 9.55 Å². The number of hydrogen-bond acceptors (Lipinski definition) is 0. The summed E-state index contributed by atoms with van der Waals surface area (Å²) in [6.07, 6.45) is 2.85. The van der Waals surface area contributed by atoms with Crippen LogP contribution in [-0.4, -0.2) is 4.98 Å². The van der Waals surface area contributed by atoms with E-state index in [1.165, 1.54) is 22.4 Å². The predicted octanol–water partition coefficient (Wildman–Crippen LogP) is 3.23. The molecular formula is C17H17N2+. The van der Waals surface area contributed by atoms with Crippen LogP contribution in [0.2, 0.25) is 0 Å². The molecule has 0 aliphatic carbocycles. The van der Waals surface area contributed by atoms with Crippen LogP contribution < -0.4 is 4.57 Å². The average molecular weight is 249 g/mol. The van der Waals surface area contributed by atoms with Crippen LogP contribution in [0.15, 0.2) is 67.3 Å². The summed E-state index contributed by atoms with van der Waals surface area (Å²) >= 11 is 0. The molecule has 1 aromatic heterocycles. The number of aromatic nitrogens is 2. The molecule has 2 heteroatoms. The van der Waals surface area contributed by atoms with Crippen molar-refractivity contribution >= 4 is 11.0 Å². The third-order valence-electron chi connectivity index (χ3n) is 3.33. The first-order chi connectivity index (χ1) is 9.38. The molecule has 0 aliphatic rings. The third kappa shape index (κ3) is 2.29. The number of rotatable bonds is 4. The zero-order valence-corrected chi connectivity index (χ0v) is 10.8. The van der Waals surface area contributed by atoms with Gasteiger partial charge in [0.15, 0.2) is 11.0 Å². The van der Waals surface area contributed by atoms with Crippen LogP contribution in [-0.2, 0) is 13.0 Å². The van der Waals surface area contributed by atoms with E-state index in [9.17, 15) is 0 Å². The number of nitrogens with one attached hydrogen (secondary N) is 1. The van der Waals surface area contributed by atoms with Crippen LogP contribution in [0.25, 0.3) is 11.0 Å². The van der Waals surface area contributed by atoms with Crippen molar-refractivity contribution in [3.8, 4) is 0 Å². The van der Waals surface area contributed by atoms with E-state index in [1.54, 1.807) is 0 Å². The summed E-state index contributed by atoms with van der Waals surface area (Å²) in [6, 6.07) is 18.9. The van der Waals surface area contributed by atoms with Gasteiger partial charge in [0.2, 0.25) is 0 Å². The molecule has 2 aromatic carbocycles. The molecule has 0 saturated heterocycles.